The monoisotopic (exact) mass is 226 g/mol. The smallest absolute Gasteiger partial charge is 0.214 e. The van der Waals surface area contributed by atoms with Crippen molar-refractivity contribution in [3.63, 3.8) is 0 Å². The fourth-order valence-corrected chi connectivity index (χ4v) is 1.65. The Hall–Kier alpha value is -2.43. The maximum atomic E-state index is 4.71. The van der Waals surface area contributed by atoms with E-state index in [0.29, 0.717) is 5.82 Å². The molecule has 0 unspecified atom stereocenters. The molecule has 0 aliphatic rings. The minimum atomic E-state index is 0.610. The Bertz CT molecular complexity index is 570. The van der Waals surface area contributed by atoms with E-state index in [1.807, 2.05) is 35.0 Å². The molecule has 0 bridgehead atoms. The molecule has 0 N–H and O–H groups in total. The maximum Gasteiger partial charge on any atom is 0.214 e. The summed E-state index contributed by atoms with van der Waals surface area (Å²) in [6, 6.07) is 8.06. The number of imidazole rings is 1. The van der Waals surface area contributed by atoms with Crippen LogP contribution in [0, 0.1) is 0 Å². The number of hydrogen-bond donors (Lipinski definition) is 0. The summed E-state index contributed by atoms with van der Waals surface area (Å²) in [7, 11) is 0. The van der Waals surface area contributed by atoms with Crippen molar-refractivity contribution in [3.8, 4) is 11.4 Å². The second-order valence-electron chi connectivity index (χ2n) is 3.69. The normalized spacial score (nSPS) is 10.6. The molecule has 0 fully saturated rings. The maximum absolute atomic E-state index is 4.71. The first kappa shape index (κ1) is 9.77. The summed E-state index contributed by atoms with van der Waals surface area (Å²) < 4.78 is 6.73. The highest BCUT2D eigenvalue weighted by Crippen LogP contribution is 2.15. The van der Waals surface area contributed by atoms with E-state index < -0.39 is 0 Å². The minimum Gasteiger partial charge on any atom is -0.342 e. The summed E-state index contributed by atoms with van der Waals surface area (Å²) >= 11 is 0. The summed E-state index contributed by atoms with van der Waals surface area (Å²) in [6.45, 7) is 0.812. The van der Waals surface area contributed by atoms with Crippen molar-refractivity contribution in [2.45, 2.75) is 6.54 Å². The van der Waals surface area contributed by atoms with Crippen LogP contribution in [0.2, 0.25) is 0 Å². The van der Waals surface area contributed by atoms with E-state index >= 15 is 0 Å². The van der Waals surface area contributed by atoms with Crippen LogP contribution in [0.4, 0.5) is 0 Å². The molecule has 0 aliphatic carbocycles. The molecule has 2 aromatic heterocycles. The SMILES string of the molecule is c1cn(Cc2ccc(-c3ncon3)cc2)cn1. The van der Waals surface area contributed by atoms with Crippen molar-refractivity contribution in [2.75, 3.05) is 0 Å². The minimum absolute atomic E-state index is 0.610. The van der Waals surface area contributed by atoms with Gasteiger partial charge >= 0.3 is 0 Å². The predicted octanol–water partition coefficient (Wildman–Crippen LogP) is 1.98. The van der Waals surface area contributed by atoms with E-state index in [1.54, 1.807) is 12.5 Å². The van der Waals surface area contributed by atoms with Gasteiger partial charge in [-0.1, -0.05) is 29.4 Å². The molecule has 0 aliphatic heterocycles. The number of nitrogens with zero attached hydrogens (tertiary/aromatic N) is 4. The third kappa shape index (κ3) is 2.08. The Morgan fingerprint density at radius 1 is 1.18 bits per heavy atom. The van der Waals surface area contributed by atoms with Gasteiger partial charge in [0.2, 0.25) is 12.2 Å². The molecule has 0 atom stereocenters. The Morgan fingerprint density at radius 3 is 2.71 bits per heavy atom. The molecule has 0 saturated carbocycles. The highest BCUT2D eigenvalue weighted by Gasteiger charge is 2.02. The lowest BCUT2D eigenvalue weighted by Crippen LogP contribution is -1.95. The first-order chi connectivity index (χ1) is 8.42. The van der Waals surface area contributed by atoms with Crippen molar-refractivity contribution >= 4 is 0 Å². The van der Waals surface area contributed by atoms with Crippen LogP contribution in [0.15, 0.2) is 53.9 Å². The van der Waals surface area contributed by atoms with E-state index in [4.69, 9.17) is 4.52 Å². The highest BCUT2D eigenvalue weighted by atomic mass is 16.5. The number of hydrogen-bond acceptors (Lipinski definition) is 4. The molecule has 5 nitrogen and oxygen atoms in total. The fraction of sp³-hybridized carbons (Fsp3) is 0.0833. The topological polar surface area (TPSA) is 56.7 Å². The Labute approximate surface area is 97.7 Å². The van der Waals surface area contributed by atoms with Gasteiger partial charge in [-0.25, -0.2) is 4.98 Å². The first-order valence-corrected chi connectivity index (χ1v) is 5.23. The van der Waals surface area contributed by atoms with Crippen LogP contribution < -0.4 is 0 Å². The zero-order valence-corrected chi connectivity index (χ0v) is 9.02. The molecule has 3 rings (SSSR count). The van der Waals surface area contributed by atoms with Crippen LogP contribution in [0.3, 0.4) is 0 Å². The zero-order chi connectivity index (χ0) is 11.5. The summed E-state index contributed by atoms with van der Waals surface area (Å²) in [5.74, 6) is 0.610. The molecule has 1 aromatic carbocycles. The molecule has 0 spiro atoms. The van der Waals surface area contributed by atoms with Crippen molar-refractivity contribution in [2.24, 2.45) is 0 Å². The molecule has 84 valence electrons. The highest BCUT2D eigenvalue weighted by molar-refractivity contribution is 5.54. The standard InChI is InChI=1S/C12H10N4O/c1-3-11(12-14-9-17-15-12)4-2-10(1)7-16-6-5-13-8-16/h1-6,8-9H,7H2. The summed E-state index contributed by atoms with van der Waals surface area (Å²) in [6.07, 6.45) is 6.84. The lowest BCUT2D eigenvalue weighted by molar-refractivity contribution is 0.419. The first-order valence-electron chi connectivity index (χ1n) is 5.23. The van der Waals surface area contributed by atoms with Gasteiger partial charge in [0, 0.05) is 24.5 Å². The Morgan fingerprint density at radius 2 is 2.06 bits per heavy atom. The van der Waals surface area contributed by atoms with Crippen LogP contribution in [-0.2, 0) is 6.54 Å². The average molecular weight is 226 g/mol. The van der Waals surface area contributed by atoms with Crippen molar-refractivity contribution in [1.29, 1.82) is 0 Å². The van der Waals surface area contributed by atoms with Crippen LogP contribution in [0.1, 0.15) is 5.56 Å². The second kappa shape index (κ2) is 4.21. The molecular weight excluding hydrogens is 216 g/mol. The molecule has 3 aromatic rings. The third-order valence-electron chi connectivity index (χ3n) is 2.50. The fourth-order valence-electron chi connectivity index (χ4n) is 1.65. The lowest BCUT2D eigenvalue weighted by Gasteiger charge is -2.02. The molecule has 0 amide bonds. The van der Waals surface area contributed by atoms with Gasteiger partial charge in [-0.05, 0) is 5.56 Å². The van der Waals surface area contributed by atoms with E-state index in [0.717, 1.165) is 12.1 Å². The Kier molecular flexibility index (Phi) is 2.42. The van der Waals surface area contributed by atoms with Gasteiger partial charge in [0.15, 0.2) is 0 Å². The number of rotatable bonds is 3. The molecule has 0 saturated heterocycles. The number of aromatic nitrogens is 4. The third-order valence-corrected chi connectivity index (χ3v) is 2.50. The van der Waals surface area contributed by atoms with Gasteiger partial charge in [0.25, 0.3) is 0 Å². The lowest BCUT2D eigenvalue weighted by atomic mass is 10.1. The van der Waals surface area contributed by atoms with Gasteiger partial charge in [0.1, 0.15) is 0 Å². The van der Waals surface area contributed by atoms with Crippen LogP contribution >= 0.6 is 0 Å². The van der Waals surface area contributed by atoms with Crippen LogP contribution in [0.25, 0.3) is 11.4 Å². The second-order valence-corrected chi connectivity index (χ2v) is 3.69. The van der Waals surface area contributed by atoms with Gasteiger partial charge in [-0.2, -0.15) is 4.98 Å². The van der Waals surface area contributed by atoms with Crippen molar-refractivity contribution in [3.05, 3.63) is 54.9 Å². The largest absolute Gasteiger partial charge is 0.342 e. The van der Waals surface area contributed by atoms with Crippen LogP contribution in [-0.4, -0.2) is 19.7 Å². The van der Waals surface area contributed by atoms with Crippen LogP contribution in [0.5, 0.6) is 0 Å². The zero-order valence-electron chi connectivity index (χ0n) is 9.02. The number of benzene rings is 1. The summed E-state index contributed by atoms with van der Waals surface area (Å²) in [5.41, 5.74) is 2.16. The molecular formula is C12H10N4O. The van der Waals surface area contributed by atoms with Gasteiger partial charge in [0.05, 0.1) is 6.33 Å². The molecule has 5 heteroatoms. The van der Waals surface area contributed by atoms with Crippen molar-refractivity contribution in [1.82, 2.24) is 19.7 Å². The molecule has 17 heavy (non-hydrogen) atoms. The summed E-state index contributed by atoms with van der Waals surface area (Å²) in [4.78, 5) is 8.01. The van der Waals surface area contributed by atoms with E-state index in [1.165, 1.54) is 12.0 Å². The molecule has 2 heterocycles. The van der Waals surface area contributed by atoms with Gasteiger partial charge < -0.3 is 9.09 Å². The molecule has 0 radical (unpaired) electrons. The van der Waals surface area contributed by atoms with E-state index in [2.05, 4.69) is 15.1 Å². The van der Waals surface area contributed by atoms with Gasteiger partial charge in [-0.3, -0.25) is 0 Å². The van der Waals surface area contributed by atoms with E-state index in [-0.39, 0.29) is 0 Å². The summed E-state index contributed by atoms with van der Waals surface area (Å²) in [5, 5.41) is 3.79. The van der Waals surface area contributed by atoms with Crippen molar-refractivity contribution < 1.29 is 4.52 Å². The van der Waals surface area contributed by atoms with E-state index in [9.17, 15) is 0 Å². The quantitative estimate of drug-likeness (QED) is 0.685. The predicted molar refractivity (Wildman–Crippen MR) is 61.1 cm³/mol. The Balaban J connectivity index is 1.81. The average Bonchev–Trinajstić information content (AvgIpc) is 3.01. The van der Waals surface area contributed by atoms with Gasteiger partial charge in [-0.15, -0.1) is 0 Å².